The Hall–Kier alpha value is -0.820. The number of hydrogen-bond donors (Lipinski definition) is 2. The summed E-state index contributed by atoms with van der Waals surface area (Å²) < 4.78 is 1.15. The zero-order valence-electron chi connectivity index (χ0n) is 10.2. The number of carbonyl (C=O) groups excluding carboxylic acids is 1. The van der Waals surface area contributed by atoms with Gasteiger partial charge in [-0.1, -0.05) is 0 Å². The molecule has 0 atom stereocenters. The van der Waals surface area contributed by atoms with Crippen LogP contribution < -0.4 is 10.6 Å². The summed E-state index contributed by atoms with van der Waals surface area (Å²) in [6.45, 7) is 1.66. The largest absolute Gasteiger partial charge is 0.338 e. The topological polar surface area (TPSA) is 44.4 Å². The van der Waals surface area contributed by atoms with Crippen molar-refractivity contribution in [1.29, 1.82) is 0 Å². The van der Waals surface area contributed by atoms with Crippen LogP contribution in [0.1, 0.15) is 6.42 Å². The Morgan fingerprint density at radius 3 is 2.53 bits per heavy atom. The maximum atomic E-state index is 11.5. The first kappa shape index (κ1) is 14.2. The minimum atomic E-state index is -0.148. The van der Waals surface area contributed by atoms with E-state index in [1.807, 2.05) is 38.4 Å². The first-order valence-corrected chi connectivity index (χ1v) is 6.61. The molecule has 0 aliphatic heterocycles. The molecule has 0 aliphatic carbocycles. The number of anilines is 1. The standard InChI is InChI=1S/C12H18IN3O/c1-16(2)9-3-8-14-12(17)15-11-6-4-10(13)5-7-11/h4-7H,3,8-9H2,1-2H3,(H2,14,15,17). The summed E-state index contributed by atoms with van der Waals surface area (Å²) in [5, 5.41) is 5.61. The van der Waals surface area contributed by atoms with Crippen molar-refractivity contribution in [3.8, 4) is 0 Å². The fourth-order valence-electron chi connectivity index (χ4n) is 1.31. The number of carbonyl (C=O) groups is 1. The van der Waals surface area contributed by atoms with E-state index in [9.17, 15) is 4.79 Å². The fraction of sp³-hybridized carbons (Fsp3) is 0.417. The molecule has 0 bridgehead atoms. The lowest BCUT2D eigenvalue weighted by Crippen LogP contribution is -2.31. The van der Waals surface area contributed by atoms with Gasteiger partial charge in [0.05, 0.1) is 0 Å². The molecule has 1 aromatic carbocycles. The van der Waals surface area contributed by atoms with Gasteiger partial charge in [0.2, 0.25) is 0 Å². The van der Waals surface area contributed by atoms with Gasteiger partial charge in [-0.05, 0) is 73.9 Å². The normalized spacial score (nSPS) is 10.4. The van der Waals surface area contributed by atoms with Crippen LogP contribution in [-0.4, -0.2) is 38.1 Å². The van der Waals surface area contributed by atoms with Crippen molar-refractivity contribution >= 4 is 34.3 Å². The average molecular weight is 347 g/mol. The molecule has 2 amide bonds. The first-order valence-electron chi connectivity index (χ1n) is 5.53. The highest BCUT2D eigenvalue weighted by Gasteiger charge is 2.00. The molecule has 4 nitrogen and oxygen atoms in total. The Balaban J connectivity index is 2.23. The Bertz CT molecular complexity index is 351. The molecule has 0 aliphatic rings. The molecular weight excluding hydrogens is 329 g/mol. The summed E-state index contributed by atoms with van der Waals surface area (Å²) in [6, 6.07) is 7.55. The lowest BCUT2D eigenvalue weighted by atomic mass is 10.3. The molecule has 0 saturated carbocycles. The van der Waals surface area contributed by atoms with Crippen LogP contribution in [0.25, 0.3) is 0 Å². The van der Waals surface area contributed by atoms with Gasteiger partial charge >= 0.3 is 6.03 Å². The number of nitrogens with zero attached hydrogens (tertiary/aromatic N) is 1. The second kappa shape index (κ2) is 7.50. The van der Waals surface area contributed by atoms with Crippen molar-refractivity contribution in [2.45, 2.75) is 6.42 Å². The molecule has 0 radical (unpaired) electrons. The van der Waals surface area contributed by atoms with E-state index in [1.54, 1.807) is 0 Å². The van der Waals surface area contributed by atoms with Crippen molar-refractivity contribution in [2.24, 2.45) is 0 Å². The van der Waals surface area contributed by atoms with Crippen LogP contribution in [0.4, 0.5) is 10.5 Å². The molecule has 0 aromatic heterocycles. The summed E-state index contributed by atoms with van der Waals surface area (Å²) in [6.07, 6.45) is 0.951. The Kier molecular flexibility index (Phi) is 6.28. The summed E-state index contributed by atoms with van der Waals surface area (Å²) in [5.74, 6) is 0. The van der Waals surface area contributed by atoms with Crippen molar-refractivity contribution < 1.29 is 4.79 Å². The number of urea groups is 1. The minimum Gasteiger partial charge on any atom is -0.338 e. The Labute approximate surface area is 116 Å². The first-order chi connectivity index (χ1) is 8.08. The molecule has 2 N–H and O–H groups in total. The molecule has 0 saturated heterocycles. The Morgan fingerprint density at radius 1 is 1.29 bits per heavy atom. The van der Waals surface area contributed by atoms with Crippen molar-refractivity contribution in [2.75, 3.05) is 32.5 Å². The van der Waals surface area contributed by atoms with Gasteiger partial charge in [0.15, 0.2) is 0 Å². The van der Waals surface area contributed by atoms with Crippen LogP contribution in [0.15, 0.2) is 24.3 Å². The van der Waals surface area contributed by atoms with E-state index in [0.29, 0.717) is 6.54 Å². The molecule has 0 heterocycles. The highest BCUT2D eigenvalue weighted by Crippen LogP contribution is 2.10. The smallest absolute Gasteiger partial charge is 0.319 e. The van der Waals surface area contributed by atoms with Crippen LogP contribution in [-0.2, 0) is 0 Å². The molecule has 94 valence electrons. The summed E-state index contributed by atoms with van der Waals surface area (Å²) in [7, 11) is 4.04. The minimum absolute atomic E-state index is 0.148. The number of rotatable bonds is 5. The number of halogens is 1. The van der Waals surface area contributed by atoms with Crippen molar-refractivity contribution in [1.82, 2.24) is 10.2 Å². The number of hydrogen-bond acceptors (Lipinski definition) is 2. The second-order valence-corrected chi connectivity index (χ2v) is 5.29. The third kappa shape index (κ3) is 6.48. The highest BCUT2D eigenvalue weighted by atomic mass is 127. The van der Waals surface area contributed by atoms with E-state index in [-0.39, 0.29) is 6.03 Å². The fourth-order valence-corrected chi connectivity index (χ4v) is 1.67. The van der Waals surface area contributed by atoms with E-state index in [4.69, 9.17) is 0 Å². The molecule has 1 rings (SSSR count). The lowest BCUT2D eigenvalue weighted by molar-refractivity contribution is 0.251. The molecule has 5 heteroatoms. The predicted octanol–water partition coefficient (Wildman–Crippen LogP) is 2.36. The maximum absolute atomic E-state index is 11.5. The van der Waals surface area contributed by atoms with Crippen molar-refractivity contribution in [3.63, 3.8) is 0 Å². The molecular formula is C12H18IN3O. The van der Waals surface area contributed by atoms with Crippen LogP contribution in [0, 0.1) is 3.57 Å². The van der Waals surface area contributed by atoms with Gasteiger partial charge in [-0.3, -0.25) is 0 Å². The van der Waals surface area contributed by atoms with Gasteiger partial charge in [-0.25, -0.2) is 4.79 Å². The number of nitrogens with one attached hydrogen (secondary N) is 2. The third-order valence-corrected chi connectivity index (χ3v) is 2.89. The second-order valence-electron chi connectivity index (χ2n) is 4.04. The quantitative estimate of drug-likeness (QED) is 0.635. The molecule has 0 unspecified atom stereocenters. The van der Waals surface area contributed by atoms with E-state index in [1.165, 1.54) is 0 Å². The van der Waals surface area contributed by atoms with Crippen molar-refractivity contribution in [3.05, 3.63) is 27.8 Å². The molecule has 17 heavy (non-hydrogen) atoms. The maximum Gasteiger partial charge on any atom is 0.319 e. The monoisotopic (exact) mass is 347 g/mol. The van der Waals surface area contributed by atoms with E-state index >= 15 is 0 Å². The van der Waals surface area contributed by atoms with Crippen LogP contribution in [0.3, 0.4) is 0 Å². The zero-order valence-corrected chi connectivity index (χ0v) is 12.3. The van der Waals surface area contributed by atoms with Gasteiger partial charge in [0.1, 0.15) is 0 Å². The lowest BCUT2D eigenvalue weighted by Gasteiger charge is -2.10. The van der Waals surface area contributed by atoms with Gasteiger partial charge in [0, 0.05) is 15.8 Å². The highest BCUT2D eigenvalue weighted by molar-refractivity contribution is 14.1. The summed E-state index contributed by atoms with van der Waals surface area (Å²) in [4.78, 5) is 13.6. The molecule has 0 fully saturated rings. The summed E-state index contributed by atoms with van der Waals surface area (Å²) >= 11 is 2.23. The Morgan fingerprint density at radius 2 is 1.94 bits per heavy atom. The molecule has 1 aromatic rings. The van der Waals surface area contributed by atoms with Crippen LogP contribution in [0.5, 0.6) is 0 Å². The molecule has 0 spiro atoms. The van der Waals surface area contributed by atoms with Gasteiger partial charge < -0.3 is 15.5 Å². The zero-order chi connectivity index (χ0) is 12.7. The van der Waals surface area contributed by atoms with Crippen LogP contribution in [0.2, 0.25) is 0 Å². The number of benzene rings is 1. The third-order valence-electron chi connectivity index (χ3n) is 2.17. The van der Waals surface area contributed by atoms with E-state index in [0.717, 1.165) is 22.2 Å². The van der Waals surface area contributed by atoms with Gasteiger partial charge in [-0.2, -0.15) is 0 Å². The summed E-state index contributed by atoms with van der Waals surface area (Å²) in [5.41, 5.74) is 0.815. The number of amides is 2. The van der Waals surface area contributed by atoms with Gasteiger partial charge in [-0.15, -0.1) is 0 Å². The SMILES string of the molecule is CN(C)CCCNC(=O)Nc1ccc(I)cc1. The van der Waals surface area contributed by atoms with Crippen LogP contribution >= 0.6 is 22.6 Å². The predicted molar refractivity (Wildman–Crippen MR) is 79.4 cm³/mol. The van der Waals surface area contributed by atoms with Gasteiger partial charge in [0.25, 0.3) is 0 Å². The van der Waals surface area contributed by atoms with E-state index < -0.39 is 0 Å². The van der Waals surface area contributed by atoms with E-state index in [2.05, 4.69) is 38.1 Å². The average Bonchev–Trinajstić information content (AvgIpc) is 2.27.